The van der Waals surface area contributed by atoms with Crippen molar-refractivity contribution < 1.29 is 4.79 Å². The van der Waals surface area contributed by atoms with Gasteiger partial charge in [0.25, 0.3) is 5.91 Å². The number of fused-ring (bicyclic) bond motifs is 1. The highest BCUT2D eigenvalue weighted by atomic mass is 32.1. The predicted octanol–water partition coefficient (Wildman–Crippen LogP) is 3.13. The highest BCUT2D eigenvalue weighted by molar-refractivity contribution is 7.16. The molecule has 1 aromatic rings. The Morgan fingerprint density at radius 3 is 2.79 bits per heavy atom. The lowest BCUT2D eigenvalue weighted by molar-refractivity contribution is 0.0955. The van der Waals surface area contributed by atoms with Crippen LogP contribution in [-0.2, 0) is 12.8 Å². The maximum Gasteiger partial charge on any atom is 0.254 e. The Balaban J connectivity index is 1.91. The number of hydrogen-bond donors (Lipinski definition) is 2. The molecule has 0 unspecified atom stereocenters. The molecule has 1 amide bonds. The lowest BCUT2D eigenvalue weighted by atomic mass is 9.72. The van der Waals surface area contributed by atoms with Gasteiger partial charge in [-0.25, -0.2) is 0 Å². The molecule has 4 heteroatoms. The topological polar surface area (TPSA) is 55.1 Å². The molecule has 0 aromatic carbocycles. The standard InChI is InChI=1S/C15H22N2OS/c1-2-17-14(18)12-10-5-8-15(6-3-4-7-15)9-11(10)19-13(12)16/h2-9,16H2,1H3,(H,17,18). The molecule has 1 aromatic heterocycles. The summed E-state index contributed by atoms with van der Waals surface area (Å²) < 4.78 is 0. The molecule has 0 radical (unpaired) electrons. The Morgan fingerprint density at radius 1 is 1.37 bits per heavy atom. The first-order valence-corrected chi connectivity index (χ1v) is 8.15. The molecule has 1 spiro atoms. The van der Waals surface area contributed by atoms with Crippen molar-refractivity contribution in [3.63, 3.8) is 0 Å². The van der Waals surface area contributed by atoms with Crippen LogP contribution in [0.1, 0.15) is 59.8 Å². The molecular weight excluding hydrogens is 256 g/mol. The minimum Gasteiger partial charge on any atom is -0.390 e. The number of nitrogens with two attached hydrogens (primary N) is 1. The van der Waals surface area contributed by atoms with Crippen molar-refractivity contribution in [2.75, 3.05) is 12.3 Å². The van der Waals surface area contributed by atoms with E-state index in [2.05, 4.69) is 5.32 Å². The summed E-state index contributed by atoms with van der Waals surface area (Å²) >= 11 is 1.65. The van der Waals surface area contributed by atoms with Crippen LogP contribution < -0.4 is 11.1 Å². The lowest BCUT2D eigenvalue weighted by Gasteiger charge is -2.33. The molecule has 0 atom stereocenters. The van der Waals surface area contributed by atoms with E-state index < -0.39 is 0 Å². The number of anilines is 1. The SMILES string of the molecule is CCNC(=O)c1c(N)sc2c1CCC1(CCCC1)C2. The number of rotatable bonds is 2. The van der Waals surface area contributed by atoms with E-state index in [4.69, 9.17) is 5.73 Å². The van der Waals surface area contributed by atoms with Crippen molar-refractivity contribution in [3.05, 3.63) is 16.0 Å². The Kier molecular flexibility index (Phi) is 3.29. The van der Waals surface area contributed by atoms with E-state index >= 15 is 0 Å². The third-order valence-corrected chi connectivity index (χ3v) is 5.85. The number of carbonyl (C=O) groups excluding carboxylic acids is 1. The van der Waals surface area contributed by atoms with Gasteiger partial charge in [-0.1, -0.05) is 12.8 Å². The summed E-state index contributed by atoms with van der Waals surface area (Å²) in [7, 11) is 0. The van der Waals surface area contributed by atoms with E-state index in [1.807, 2.05) is 6.92 Å². The number of carbonyl (C=O) groups is 1. The zero-order chi connectivity index (χ0) is 13.5. The first-order chi connectivity index (χ1) is 9.15. The minimum atomic E-state index is 0.0138. The smallest absolute Gasteiger partial charge is 0.254 e. The van der Waals surface area contributed by atoms with E-state index in [9.17, 15) is 4.79 Å². The molecule has 2 aliphatic carbocycles. The van der Waals surface area contributed by atoms with Gasteiger partial charge in [-0.15, -0.1) is 11.3 Å². The van der Waals surface area contributed by atoms with E-state index in [1.165, 1.54) is 42.5 Å². The predicted molar refractivity (Wildman–Crippen MR) is 79.7 cm³/mol. The average molecular weight is 278 g/mol. The first kappa shape index (κ1) is 13.0. The molecule has 3 nitrogen and oxygen atoms in total. The molecule has 19 heavy (non-hydrogen) atoms. The van der Waals surface area contributed by atoms with Gasteiger partial charge in [-0.05, 0) is 50.0 Å². The molecule has 0 bridgehead atoms. The van der Waals surface area contributed by atoms with Gasteiger partial charge in [0.1, 0.15) is 0 Å². The highest BCUT2D eigenvalue weighted by Crippen LogP contribution is 2.50. The summed E-state index contributed by atoms with van der Waals surface area (Å²) in [5.41, 5.74) is 8.64. The molecule has 0 aliphatic heterocycles. The van der Waals surface area contributed by atoms with Crippen LogP contribution in [0, 0.1) is 5.41 Å². The van der Waals surface area contributed by atoms with Gasteiger partial charge in [0.15, 0.2) is 0 Å². The van der Waals surface area contributed by atoms with Crippen LogP contribution in [0.25, 0.3) is 0 Å². The average Bonchev–Trinajstić information content (AvgIpc) is 2.93. The van der Waals surface area contributed by atoms with Crippen LogP contribution in [0.2, 0.25) is 0 Å². The third-order valence-electron chi connectivity index (χ3n) is 4.79. The summed E-state index contributed by atoms with van der Waals surface area (Å²) in [6, 6.07) is 0. The van der Waals surface area contributed by atoms with Crippen LogP contribution in [0.3, 0.4) is 0 Å². The van der Waals surface area contributed by atoms with E-state index in [1.54, 1.807) is 11.3 Å². The molecule has 1 saturated carbocycles. The molecule has 0 saturated heterocycles. The number of hydrogen-bond acceptors (Lipinski definition) is 3. The van der Waals surface area contributed by atoms with E-state index in [0.717, 1.165) is 18.4 Å². The summed E-state index contributed by atoms with van der Waals surface area (Å²) in [5.74, 6) is 0.0138. The lowest BCUT2D eigenvalue weighted by Crippen LogP contribution is -2.28. The molecule has 2 aliphatic rings. The van der Waals surface area contributed by atoms with Crippen LogP contribution in [0.4, 0.5) is 5.00 Å². The van der Waals surface area contributed by atoms with Gasteiger partial charge >= 0.3 is 0 Å². The number of thiophene rings is 1. The summed E-state index contributed by atoms with van der Waals surface area (Å²) in [6.07, 6.45) is 8.90. The number of nitrogens with one attached hydrogen (secondary N) is 1. The quantitative estimate of drug-likeness (QED) is 0.873. The number of nitrogen functional groups attached to an aromatic ring is 1. The van der Waals surface area contributed by atoms with Crippen molar-refractivity contribution >= 4 is 22.2 Å². The van der Waals surface area contributed by atoms with E-state index in [-0.39, 0.29) is 5.91 Å². The fourth-order valence-corrected chi connectivity index (χ4v) is 5.10. The molecule has 3 rings (SSSR count). The van der Waals surface area contributed by atoms with Crippen LogP contribution in [0.5, 0.6) is 0 Å². The summed E-state index contributed by atoms with van der Waals surface area (Å²) in [5, 5.41) is 3.60. The second kappa shape index (κ2) is 4.82. The largest absolute Gasteiger partial charge is 0.390 e. The van der Waals surface area contributed by atoms with Gasteiger partial charge in [0.05, 0.1) is 10.6 Å². The van der Waals surface area contributed by atoms with Crippen molar-refractivity contribution in [2.24, 2.45) is 5.41 Å². The second-order valence-electron chi connectivity index (χ2n) is 5.99. The Labute approximate surface area is 118 Å². The highest BCUT2D eigenvalue weighted by Gasteiger charge is 2.39. The monoisotopic (exact) mass is 278 g/mol. The van der Waals surface area contributed by atoms with Crippen LogP contribution in [0.15, 0.2) is 0 Å². The maximum absolute atomic E-state index is 12.1. The fourth-order valence-electron chi connectivity index (χ4n) is 3.81. The van der Waals surface area contributed by atoms with Gasteiger partial charge in [-0.3, -0.25) is 4.79 Å². The second-order valence-corrected chi connectivity index (χ2v) is 7.12. The minimum absolute atomic E-state index is 0.0138. The van der Waals surface area contributed by atoms with Crippen molar-refractivity contribution in [3.8, 4) is 0 Å². The fraction of sp³-hybridized carbons (Fsp3) is 0.667. The van der Waals surface area contributed by atoms with E-state index in [0.29, 0.717) is 17.0 Å². The molecule has 3 N–H and O–H groups in total. The first-order valence-electron chi connectivity index (χ1n) is 7.33. The Hall–Kier alpha value is -1.03. The van der Waals surface area contributed by atoms with Crippen molar-refractivity contribution in [1.82, 2.24) is 5.32 Å². The Morgan fingerprint density at radius 2 is 2.11 bits per heavy atom. The zero-order valence-corrected chi connectivity index (χ0v) is 12.4. The van der Waals surface area contributed by atoms with Gasteiger partial charge in [0.2, 0.25) is 0 Å². The van der Waals surface area contributed by atoms with Gasteiger partial charge in [-0.2, -0.15) is 0 Å². The van der Waals surface area contributed by atoms with Crippen molar-refractivity contribution in [1.29, 1.82) is 0 Å². The number of amides is 1. The molecule has 1 fully saturated rings. The van der Waals surface area contributed by atoms with Gasteiger partial charge in [0, 0.05) is 11.4 Å². The maximum atomic E-state index is 12.1. The molecular formula is C15H22N2OS. The van der Waals surface area contributed by atoms with Crippen LogP contribution in [-0.4, -0.2) is 12.5 Å². The zero-order valence-electron chi connectivity index (χ0n) is 11.6. The normalized spacial score (nSPS) is 20.5. The third kappa shape index (κ3) is 2.16. The summed E-state index contributed by atoms with van der Waals surface area (Å²) in [4.78, 5) is 13.5. The molecule has 1 heterocycles. The van der Waals surface area contributed by atoms with Crippen LogP contribution >= 0.6 is 11.3 Å². The Bertz CT molecular complexity index is 500. The molecule has 104 valence electrons. The van der Waals surface area contributed by atoms with Gasteiger partial charge < -0.3 is 11.1 Å². The van der Waals surface area contributed by atoms with Crippen molar-refractivity contribution in [2.45, 2.75) is 51.9 Å². The summed E-state index contributed by atoms with van der Waals surface area (Å²) in [6.45, 7) is 2.60.